The predicted octanol–water partition coefficient (Wildman–Crippen LogP) is 3.69. The second kappa shape index (κ2) is 12.7. The molecule has 2 amide bonds. The van der Waals surface area contributed by atoms with Gasteiger partial charge in [0.2, 0.25) is 21.8 Å². The molecular formula is C27H39N3O4S. The van der Waals surface area contributed by atoms with Gasteiger partial charge in [-0.3, -0.25) is 13.9 Å². The number of nitrogens with zero attached hydrogens (tertiary/aromatic N) is 2. The van der Waals surface area contributed by atoms with Crippen LogP contribution in [0.1, 0.15) is 43.9 Å². The maximum Gasteiger partial charge on any atom is 0.244 e. The van der Waals surface area contributed by atoms with Gasteiger partial charge in [0.05, 0.1) is 11.9 Å². The number of hydrogen-bond acceptors (Lipinski definition) is 4. The van der Waals surface area contributed by atoms with Crippen LogP contribution in [0.2, 0.25) is 0 Å². The summed E-state index contributed by atoms with van der Waals surface area (Å²) in [6.07, 6.45) is 2.08. The molecule has 0 saturated heterocycles. The molecule has 2 aromatic rings. The summed E-state index contributed by atoms with van der Waals surface area (Å²) in [5, 5.41) is 2.93. The second-order valence-corrected chi connectivity index (χ2v) is 11.4. The number of hydrogen-bond donors (Lipinski definition) is 1. The van der Waals surface area contributed by atoms with Gasteiger partial charge in [0.15, 0.2) is 0 Å². The van der Waals surface area contributed by atoms with E-state index in [1.165, 1.54) is 4.90 Å². The van der Waals surface area contributed by atoms with Crippen molar-refractivity contribution in [1.29, 1.82) is 0 Å². The fraction of sp³-hybridized carbons (Fsp3) is 0.481. The Morgan fingerprint density at radius 2 is 1.60 bits per heavy atom. The molecule has 2 rings (SSSR count). The largest absolute Gasteiger partial charge is 0.354 e. The summed E-state index contributed by atoms with van der Waals surface area (Å²) in [6.45, 7) is 10.1. The highest BCUT2D eigenvalue weighted by molar-refractivity contribution is 7.92. The number of amides is 2. The van der Waals surface area contributed by atoms with Gasteiger partial charge in [-0.15, -0.1) is 0 Å². The molecule has 0 fully saturated rings. The van der Waals surface area contributed by atoms with Crippen molar-refractivity contribution in [2.75, 3.05) is 30.2 Å². The van der Waals surface area contributed by atoms with Gasteiger partial charge in [-0.1, -0.05) is 57.2 Å². The molecule has 192 valence electrons. The lowest BCUT2D eigenvalue weighted by molar-refractivity contribution is -0.139. The highest BCUT2D eigenvalue weighted by atomic mass is 32.2. The summed E-state index contributed by atoms with van der Waals surface area (Å²) in [5.74, 6) is -0.354. The lowest BCUT2D eigenvalue weighted by atomic mass is 10.1. The Hall–Kier alpha value is -2.87. The highest BCUT2D eigenvalue weighted by Crippen LogP contribution is 2.22. The van der Waals surface area contributed by atoms with E-state index in [-0.39, 0.29) is 18.4 Å². The van der Waals surface area contributed by atoms with Gasteiger partial charge in [-0.2, -0.15) is 0 Å². The zero-order valence-electron chi connectivity index (χ0n) is 21.7. The molecule has 1 N–H and O–H groups in total. The van der Waals surface area contributed by atoms with E-state index in [9.17, 15) is 18.0 Å². The standard InChI is InChI=1S/C27H39N3O4S/c1-7-25(27(32)28-18-20(2)3)29(14-13-23-11-9-8-10-12-23)26(31)19-30(35(6,33)34)24-16-21(4)15-22(5)17-24/h8-12,15-17,20,25H,7,13-14,18-19H2,1-6H3,(H,28,32). The Morgan fingerprint density at radius 1 is 1.00 bits per heavy atom. The lowest BCUT2D eigenvalue weighted by Gasteiger charge is -2.33. The van der Waals surface area contributed by atoms with Crippen LogP contribution in [0.4, 0.5) is 5.69 Å². The molecule has 0 aliphatic rings. The van der Waals surface area contributed by atoms with E-state index in [4.69, 9.17) is 0 Å². The zero-order chi connectivity index (χ0) is 26.2. The van der Waals surface area contributed by atoms with Gasteiger partial charge in [-0.25, -0.2) is 8.42 Å². The van der Waals surface area contributed by atoms with Crippen molar-refractivity contribution in [2.24, 2.45) is 5.92 Å². The van der Waals surface area contributed by atoms with Crippen molar-refractivity contribution in [3.63, 3.8) is 0 Å². The topological polar surface area (TPSA) is 86.8 Å². The van der Waals surface area contributed by atoms with Crippen molar-refractivity contribution in [1.82, 2.24) is 10.2 Å². The number of anilines is 1. The van der Waals surface area contributed by atoms with Gasteiger partial charge >= 0.3 is 0 Å². The molecule has 0 radical (unpaired) electrons. The Kier molecular flexibility index (Phi) is 10.3. The van der Waals surface area contributed by atoms with E-state index in [1.54, 1.807) is 12.1 Å². The Balaban J connectivity index is 2.37. The first kappa shape index (κ1) is 28.4. The van der Waals surface area contributed by atoms with Crippen molar-refractivity contribution >= 4 is 27.5 Å². The number of benzene rings is 2. The molecule has 0 spiro atoms. The summed E-state index contributed by atoms with van der Waals surface area (Å²) in [7, 11) is -3.74. The molecule has 0 aliphatic carbocycles. The molecular weight excluding hydrogens is 462 g/mol. The van der Waals surface area contributed by atoms with E-state index in [2.05, 4.69) is 5.32 Å². The van der Waals surface area contributed by atoms with E-state index in [0.29, 0.717) is 31.6 Å². The van der Waals surface area contributed by atoms with E-state index >= 15 is 0 Å². The predicted molar refractivity (Wildman–Crippen MR) is 142 cm³/mol. The SMILES string of the molecule is CCC(C(=O)NCC(C)C)N(CCc1ccccc1)C(=O)CN(c1cc(C)cc(C)c1)S(C)(=O)=O. The lowest BCUT2D eigenvalue weighted by Crippen LogP contribution is -2.53. The van der Waals surface area contributed by atoms with Crippen LogP contribution in [0.15, 0.2) is 48.5 Å². The van der Waals surface area contributed by atoms with Crippen LogP contribution in [-0.4, -0.2) is 57.1 Å². The van der Waals surface area contributed by atoms with Gasteiger partial charge in [0.25, 0.3) is 0 Å². The van der Waals surface area contributed by atoms with Crippen molar-refractivity contribution < 1.29 is 18.0 Å². The van der Waals surface area contributed by atoms with Crippen LogP contribution < -0.4 is 9.62 Å². The third kappa shape index (κ3) is 8.69. The van der Waals surface area contributed by atoms with Crippen molar-refractivity contribution in [3.05, 3.63) is 65.2 Å². The first-order valence-corrected chi connectivity index (χ1v) is 13.9. The molecule has 0 bridgehead atoms. The summed E-state index contributed by atoms with van der Waals surface area (Å²) < 4.78 is 26.6. The van der Waals surface area contributed by atoms with E-state index in [1.807, 2.05) is 71.0 Å². The molecule has 0 aliphatic heterocycles. The molecule has 1 unspecified atom stereocenters. The highest BCUT2D eigenvalue weighted by Gasteiger charge is 2.31. The van der Waals surface area contributed by atoms with Crippen LogP contribution in [-0.2, 0) is 26.0 Å². The van der Waals surface area contributed by atoms with Crippen LogP contribution in [0.25, 0.3) is 0 Å². The quantitative estimate of drug-likeness (QED) is 0.481. The molecule has 8 heteroatoms. The van der Waals surface area contributed by atoms with Crippen LogP contribution in [0.3, 0.4) is 0 Å². The molecule has 0 heterocycles. The van der Waals surface area contributed by atoms with Gasteiger partial charge in [0.1, 0.15) is 12.6 Å². The van der Waals surface area contributed by atoms with Gasteiger partial charge < -0.3 is 10.2 Å². The van der Waals surface area contributed by atoms with Crippen LogP contribution in [0, 0.1) is 19.8 Å². The Labute approximate surface area is 210 Å². The van der Waals surface area contributed by atoms with Crippen molar-refractivity contribution in [3.8, 4) is 0 Å². The smallest absolute Gasteiger partial charge is 0.244 e. The third-order valence-electron chi connectivity index (χ3n) is 5.73. The average molecular weight is 502 g/mol. The zero-order valence-corrected chi connectivity index (χ0v) is 22.6. The number of rotatable bonds is 12. The summed E-state index contributed by atoms with van der Waals surface area (Å²) in [6, 6.07) is 14.5. The van der Waals surface area contributed by atoms with Crippen LogP contribution in [0.5, 0.6) is 0 Å². The molecule has 1 atom stereocenters. The normalized spacial score (nSPS) is 12.3. The Bertz CT molecular complexity index is 1080. The van der Waals surface area contributed by atoms with Crippen molar-refractivity contribution in [2.45, 2.75) is 53.5 Å². The van der Waals surface area contributed by atoms with E-state index < -0.39 is 22.0 Å². The minimum Gasteiger partial charge on any atom is -0.354 e. The molecule has 0 aromatic heterocycles. The fourth-order valence-corrected chi connectivity index (χ4v) is 4.86. The minimum atomic E-state index is -3.74. The summed E-state index contributed by atoms with van der Waals surface area (Å²) in [4.78, 5) is 28.2. The number of aryl methyl sites for hydroxylation is 2. The first-order valence-electron chi connectivity index (χ1n) is 12.1. The second-order valence-electron chi connectivity index (χ2n) is 9.50. The molecule has 7 nitrogen and oxygen atoms in total. The average Bonchev–Trinajstić information content (AvgIpc) is 2.77. The van der Waals surface area contributed by atoms with Crippen LogP contribution >= 0.6 is 0 Å². The summed E-state index contributed by atoms with van der Waals surface area (Å²) in [5.41, 5.74) is 3.29. The minimum absolute atomic E-state index is 0.222. The summed E-state index contributed by atoms with van der Waals surface area (Å²) >= 11 is 0. The number of sulfonamides is 1. The number of carbonyl (C=O) groups is 2. The maximum atomic E-state index is 13.6. The van der Waals surface area contributed by atoms with Gasteiger partial charge in [0, 0.05) is 13.1 Å². The fourth-order valence-electron chi connectivity index (χ4n) is 4.03. The Morgan fingerprint density at radius 3 is 2.11 bits per heavy atom. The van der Waals surface area contributed by atoms with Gasteiger partial charge in [-0.05, 0) is 61.4 Å². The number of carbonyl (C=O) groups excluding carboxylic acids is 2. The number of nitrogens with one attached hydrogen (secondary N) is 1. The monoisotopic (exact) mass is 501 g/mol. The molecule has 0 saturated carbocycles. The molecule has 35 heavy (non-hydrogen) atoms. The van der Waals surface area contributed by atoms with E-state index in [0.717, 1.165) is 27.3 Å². The third-order valence-corrected chi connectivity index (χ3v) is 6.87. The maximum absolute atomic E-state index is 13.6. The first-order chi connectivity index (χ1) is 16.4. The molecule has 2 aromatic carbocycles.